The Labute approximate surface area is 163 Å². The SMILES string of the molecule is O=S(=O)(NCC(c1ccsc1)N1CCOCC1)c1cccc2ccccc12. The van der Waals surface area contributed by atoms with Crippen LogP contribution in [0.25, 0.3) is 10.8 Å². The molecule has 1 fully saturated rings. The highest BCUT2D eigenvalue weighted by Crippen LogP contribution is 2.26. The van der Waals surface area contributed by atoms with E-state index in [2.05, 4.69) is 21.1 Å². The van der Waals surface area contributed by atoms with Crippen molar-refractivity contribution in [3.63, 3.8) is 0 Å². The number of nitrogens with one attached hydrogen (secondary N) is 1. The van der Waals surface area contributed by atoms with Crippen LogP contribution in [0.2, 0.25) is 0 Å². The van der Waals surface area contributed by atoms with E-state index in [-0.39, 0.29) is 6.04 Å². The number of rotatable bonds is 6. The zero-order valence-corrected chi connectivity index (χ0v) is 16.5. The van der Waals surface area contributed by atoms with Crippen molar-refractivity contribution < 1.29 is 13.2 Å². The molecule has 0 aliphatic carbocycles. The molecule has 2 aromatic carbocycles. The average molecular weight is 403 g/mol. The number of nitrogens with zero attached hydrogens (tertiary/aromatic N) is 1. The van der Waals surface area contributed by atoms with Crippen LogP contribution in [0.4, 0.5) is 0 Å². The zero-order chi connectivity index (χ0) is 18.7. The molecule has 0 amide bonds. The predicted octanol–water partition coefficient (Wildman–Crippen LogP) is 3.25. The molecule has 27 heavy (non-hydrogen) atoms. The molecule has 4 rings (SSSR count). The van der Waals surface area contributed by atoms with Crippen molar-refractivity contribution in [3.05, 3.63) is 64.9 Å². The standard InChI is InChI=1S/C20H22N2O3S2/c23-27(24,20-7-3-5-16-4-1-2-6-18(16)20)21-14-19(17-8-13-26-15-17)22-9-11-25-12-10-22/h1-8,13,15,19,21H,9-12,14H2. The first-order valence-corrected chi connectivity index (χ1v) is 11.4. The van der Waals surface area contributed by atoms with E-state index in [0.717, 1.165) is 29.4 Å². The van der Waals surface area contributed by atoms with Gasteiger partial charge in [-0.25, -0.2) is 13.1 Å². The van der Waals surface area contributed by atoms with Gasteiger partial charge in [-0.1, -0.05) is 36.4 Å². The Morgan fingerprint density at radius 1 is 1.07 bits per heavy atom. The van der Waals surface area contributed by atoms with E-state index in [1.807, 2.05) is 35.7 Å². The topological polar surface area (TPSA) is 58.6 Å². The second-order valence-electron chi connectivity index (χ2n) is 6.55. The van der Waals surface area contributed by atoms with E-state index in [0.29, 0.717) is 24.7 Å². The molecule has 2 heterocycles. The number of thiophene rings is 1. The van der Waals surface area contributed by atoms with E-state index in [9.17, 15) is 8.42 Å². The number of ether oxygens (including phenoxy) is 1. The van der Waals surface area contributed by atoms with Crippen LogP contribution in [0.1, 0.15) is 11.6 Å². The molecule has 1 aliphatic heterocycles. The van der Waals surface area contributed by atoms with E-state index in [1.165, 1.54) is 0 Å². The quantitative estimate of drug-likeness (QED) is 0.688. The lowest BCUT2D eigenvalue weighted by Crippen LogP contribution is -2.43. The molecule has 1 unspecified atom stereocenters. The Bertz CT molecular complexity index is 992. The van der Waals surface area contributed by atoms with E-state index < -0.39 is 10.0 Å². The molecule has 1 N–H and O–H groups in total. The van der Waals surface area contributed by atoms with Crippen LogP contribution in [0, 0.1) is 0 Å². The minimum atomic E-state index is -3.62. The number of hydrogen-bond donors (Lipinski definition) is 1. The van der Waals surface area contributed by atoms with Crippen LogP contribution in [0.5, 0.6) is 0 Å². The molecule has 7 heteroatoms. The smallest absolute Gasteiger partial charge is 0.241 e. The number of fused-ring (bicyclic) bond motifs is 1. The second kappa shape index (κ2) is 8.08. The van der Waals surface area contributed by atoms with Gasteiger partial charge in [0, 0.05) is 31.1 Å². The molecular formula is C20H22N2O3S2. The summed E-state index contributed by atoms with van der Waals surface area (Å²) in [5, 5.41) is 5.78. The molecule has 1 atom stereocenters. The van der Waals surface area contributed by atoms with Crippen molar-refractivity contribution in [2.24, 2.45) is 0 Å². The fraction of sp³-hybridized carbons (Fsp3) is 0.300. The van der Waals surface area contributed by atoms with Gasteiger partial charge in [0.15, 0.2) is 0 Å². The monoisotopic (exact) mass is 402 g/mol. The molecule has 1 aromatic heterocycles. The van der Waals surface area contributed by atoms with Crippen molar-refractivity contribution >= 4 is 32.1 Å². The highest BCUT2D eigenvalue weighted by atomic mass is 32.2. The molecule has 0 bridgehead atoms. The normalized spacial score (nSPS) is 17.2. The average Bonchev–Trinajstić information content (AvgIpc) is 3.23. The van der Waals surface area contributed by atoms with E-state index >= 15 is 0 Å². The molecule has 5 nitrogen and oxygen atoms in total. The van der Waals surface area contributed by atoms with Gasteiger partial charge in [-0.05, 0) is 33.8 Å². The Balaban J connectivity index is 1.59. The third-order valence-corrected chi connectivity index (χ3v) is 7.10. The molecule has 0 saturated carbocycles. The van der Waals surface area contributed by atoms with Crippen LogP contribution >= 0.6 is 11.3 Å². The van der Waals surface area contributed by atoms with Gasteiger partial charge in [-0.2, -0.15) is 11.3 Å². The first kappa shape index (κ1) is 18.6. The van der Waals surface area contributed by atoms with Gasteiger partial charge in [0.1, 0.15) is 0 Å². The van der Waals surface area contributed by atoms with Crippen LogP contribution in [0.3, 0.4) is 0 Å². The lowest BCUT2D eigenvalue weighted by atomic mass is 10.1. The summed E-state index contributed by atoms with van der Waals surface area (Å²) < 4.78 is 34.4. The van der Waals surface area contributed by atoms with Crippen LogP contribution in [-0.2, 0) is 14.8 Å². The summed E-state index contributed by atoms with van der Waals surface area (Å²) in [6.45, 7) is 3.29. The summed E-state index contributed by atoms with van der Waals surface area (Å²) in [7, 11) is -3.62. The summed E-state index contributed by atoms with van der Waals surface area (Å²) in [6.07, 6.45) is 0. The van der Waals surface area contributed by atoms with Gasteiger partial charge in [0.2, 0.25) is 10.0 Å². The van der Waals surface area contributed by atoms with Crippen LogP contribution < -0.4 is 4.72 Å². The number of sulfonamides is 1. The molecule has 0 spiro atoms. The Kier molecular flexibility index (Phi) is 5.56. The summed E-state index contributed by atoms with van der Waals surface area (Å²) in [5.74, 6) is 0. The summed E-state index contributed by atoms with van der Waals surface area (Å²) in [4.78, 5) is 2.61. The highest BCUT2D eigenvalue weighted by molar-refractivity contribution is 7.89. The lowest BCUT2D eigenvalue weighted by Gasteiger charge is -2.34. The fourth-order valence-corrected chi connectivity index (χ4v) is 5.48. The Morgan fingerprint density at radius 2 is 1.85 bits per heavy atom. The minimum absolute atomic E-state index is 0.00454. The van der Waals surface area contributed by atoms with Gasteiger partial charge in [0.05, 0.1) is 18.1 Å². The van der Waals surface area contributed by atoms with Crippen molar-refractivity contribution in [2.45, 2.75) is 10.9 Å². The highest BCUT2D eigenvalue weighted by Gasteiger charge is 2.26. The van der Waals surface area contributed by atoms with Crippen molar-refractivity contribution in [2.75, 3.05) is 32.8 Å². The largest absolute Gasteiger partial charge is 0.379 e. The maximum atomic E-state index is 13.1. The molecule has 0 radical (unpaired) electrons. The van der Waals surface area contributed by atoms with E-state index in [4.69, 9.17) is 4.74 Å². The van der Waals surface area contributed by atoms with Gasteiger partial charge in [-0.15, -0.1) is 0 Å². The van der Waals surface area contributed by atoms with Gasteiger partial charge in [0.25, 0.3) is 0 Å². The molecule has 1 saturated heterocycles. The van der Waals surface area contributed by atoms with Gasteiger partial charge >= 0.3 is 0 Å². The number of morpholine rings is 1. The maximum Gasteiger partial charge on any atom is 0.241 e. The lowest BCUT2D eigenvalue weighted by molar-refractivity contribution is 0.0173. The Hall–Kier alpha value is -1.77. The fourth-order valence-electron chi connectivity index (χ4n) is 3.51. The van der Waals surface area contributed by atoms with Crippen LogP contribution in [-0.4, -0.2) is 46.2 Å². The molecular weight excluding hydrogens is 380 g/mol. The number of hydrogen-bond acceptors (Lipinski definition) is 5. The van der Waals surface area contributed by atoms with Crippen molar-refractivity contribution in [1.82, 2.24) is 9.62 Å². The van der Waals surface area contributed by atoms with E-state index in [1.54, 1.807) is 23.5 Å². The summed E-state index contributed by atoms with van der Waals surface area (Å²) in [5.41, 5.74) is 1.14. The third-order valence-electron chi connectivity index (χ3n) is 4.92. The maximum absolute atomic E-state index is 13.1. The molecule has 142 valence electrons. The molecule has 1 aliphatic rings. The van der Waals surface area contributed by atoms with Crippen molar-refractivity contribution in [3.8, 4) is 0 Å². The minimum Gasteiger partial charge on any atom is -0.379 e. The van der Waals surface area contributed by atoms with Gasteiger partial charge < -0.3 is 4.74 Å². The predicted molar refractivity (Wildman–Crippen MR) is 109 cm³/mol. The van der Waals surface area contributed by atoms with Crippen LogP contribution in [0.15, 0.2) is 64.2 Å². The second-order valence-corrected chi connectivity index (χ2v) is 9.07. The summed E-state index contributed by atoms with van der Waals surface area (Å²) in [6, 6.07) is 15.0. The molecule has 3 aromatic rings. The summed E-state index contributed by atoms with van der Waals surface area (Å²) >= 11 is 1.63. The number of benzene rings is 2. The van der Waals surface area contributed by atoms with Gasteiger partial charge in [-0.3, -0.25) is 4.90 Å². The first-order chi connectivity index (χ1) is 13.1. The van der Waals surface area contributed by atoms with Crippen molar-refractivity contribution in [1.29, 1.82) is 0 Å². The Morgan fingerprint density at radius 3 is 2.63 bits per heavy atom. The zero-order valence-electron chi connectivity index (χ0n) is 14.9. The first-order valence-electron chi connectivity index (χ1n) is 8.96. The third kappa shape index (κ3) is 4.07.